The molecule has 6 nitrogen and oxygen atoms in total. The summed E-state index contributed by atoms with van der Waals surface area (Å²) in [6.07, 6.45) is 5.09. The lowest BCUT2D eigenvalue weighted by molar-refractivity contribution is -0.132. The number of pyridine rings is 1. The quantitative estimate of drug-likeness (QED) is 0.745. The maximum Gasteiger partial charge on any atom is 0.227 e. The minimum absolute atomic E-state index is 0.140. The van der Waals surface area contributed by atoms with Crippen molar-refractivity contribution in [2.75, 3.05) is 25.0 Å². The van der Waals surface area contributed by atoms with Crippen LogP contribution in [-0.2, 0) is 11.2 Å². The summed E-state index contributed by atoms with van der Waals surface area (Å²) in [4.78, 5) is 24.8. The molecule has 1 saturated heterocycles. The lowest BCUT2D eigenvalue weighted by Gasteiger charge is -2.42. The van der Waals surface area contributed by atoms with Crippen LogP contribution in [0.15, 0.2) is 48.8 Å². The van der Waals surface area contributed by atoms with Crippen LogP contribution in [0.25, 0.3) is 11.0 Å². The number of carbonyl (C=O) groups is 1. The Kier molecular flexibility index (Phi) is 5.22. The van der Waals surface area contributed by atoms with Gasteiger partial charge in [-0.15, -0.1) is 0 Å². The fourth-order valence-electron chi connectivity index (χ4n) is 4.20. The highest BCUT2D eigenvalue weighted by Crippen LogP contribution is 2.30. The summed E-state index contributed by atoms with van der Waals surface area (Å²) in [7, 11) is 2.11. The van der Waals surface area contributed by atoms with Gasteiger partial charge in [-0.1, -0.05) is 19.1 Å². The average Bonchev–Trinajstić information content (AvgIpc) is 3.23. The molecule has 1 unspecified atom stereocenters. The van der Waals surface area contributed by atoms with Crippen LogP contribution < -0.4 is 4.90 Å². The van der Waals surface area contributed by atoms with Gasteiger partial charge in [-0.05, 0) is 42.2 Å². The number of piperidine rings is 1. The third-order valence-corrected chi connectivity index (χ3v) is 6.02. The molecule has 3 aromatic rings. The number of aromatic nitrogens is 2. The zero-order valence-corrected chi connectivity index (χ0v) is 16.8. The third kappa shape index (κ3) is 3.81. The van der Waals surface area contributed by atoms with Crippen LogP contribution in [0.5, 0.6) is 0 Å². The van der Waals surface area contributed by atoms with E-state index in [4.69, 9.17) is 5.26 Å². The number of nitrogens with zero attached hydrogens (tertiary/aromatic N) is 4. The third-order valence-electron chi connectivity index (χ3n) is 6.02. The molecule has 1 N–H and O–H groups in total. The largest absolute Gasteiger partial charge is 0.369 e. The Labute approximate surface area is 170 Å². The van der Waals surface area contributed by atoms with Crippen molar-refractivity contribution in [3.05, 3.63) is 59.9 Å². The highest BCUT2D eigenvalue weighted by atomic mass is 16.2. The van der Waals surface area contributed by atoms with E-state index in [2.05, 4.69) is 41.0 Å². The molecule has 3 heterocycles. The maximum atomic E-state index is 12.9. The predicted molar refractivity (Wildman–Crippen MR) is 114 cm³/mol. The van der Waals surface area contributed by atoms with E-state index in [0.29, 0.717) is 24.4 Å². The van der Waals surface area contributed by atoms with Crippen molar-refractivity contribution in [1.29, 1.82) is 5.26 Å². The summed E-state index contributed by atoms with van der Waals surface area (Å²) in [6, 6.07) is 13.7. The van der Waals surface area contributed by atoms with E-state index in [1.54, 1.807) is 12.1 Å². The summed E-state index contributed by atoms with van der Waals surface area (Å²) in [5.41, 5.74) is 3.57. The molecule has 1 aliphatic heterocycles. The predicted octanol–water partition coefficient (Wildman–Crippen LogP) is 3.35. The maximum absolute atomic E-state index is 12.9. The van der Waals surface area contributed by atoms with Crippen molar-refractivity contribution < 1.29 is 4.79 Å². The van der Waals surface area contributed by atoms with Crippen molar-refractivity contribution in [2.24, 2.45) is 5.92 Å². The minimum Gasteiger partial charge on any atom is -0.369 e. The first kappa shape index (κ1) is 19.0. The second-order valence-electron chi connectivity index (χ2n) is 7.84. The van der Waals surface area contributed by atoms with E-state index in [0.717, 1.165) is 35.2 Å². The van der Waals surface area contributed by atoms with E-state index in [-0.39, 0.29) is 11.9 Å². The first-order chi connectivity index (χ1) is 14.1. The van der Waals surface area contributed by atoms with Gasteiger partial charge in [0.2, 0.25) is 5.91 Å². The van der Waals surface area contributed by atoms with Gasteiger partial charge in [0.1, 0.15) is 5.65 Å². The normalized spacial score (nSPS) is 19.1. The molecular formula is C23H25N5O. The second kappa shape index (κ2) is 7.96. The van der Waals surface area contributed by atoms with Crippen LogP contribution in [0.3, 0.4) is 0 Å². The zero-order chi connectivity index (χ0) is 20.4. The zero-order valence-electron chi connectivity index (χ0n) is 16.8. The van der Waals surface area contributed by atoms with Crippen LogP contribution in [0.1, 0.15) is 24.5 Å². The van der Waals surface area contributed by atoms with Gasteiger partial charge in [-0.25, -0.2) is 4.98 Å². The lowest BCUT2D eigenvalue weighted by atomic mass is 9.91. The van der Waals surface area contributed by atoms with Crippen molar-refractivity contribution in [1.82, 2.24) is 14.9 Å². The summed E-state index contributed by atoms with van der Waals surface area (Å²) in [6.45, 7) is 3.76. The van der Waals surface area contributed by atoms with Crippen LogP contribution in [0.4, 0.5) is 5.69 Å². The standard InChI is InChI=1S/C23H25N5O/c1-16-9-12-28(22(29)13-17-3-5-18(14-24)6-4-17)15-21(16)27(2)20-8-11-26-23-19(20)7-10-25-23/h3-8,10-11,16,21H,9,12-13,15H2,1-2H3,(H,25,26)/t16-,21?/m1/s1. The molecule has 1 amide bonds. The number of carbonyl (C=O) groups excluding carboxylic acids is 1. The van der Waals surface area contributed by atoms with Gasteiger partial charge in [0.25, 0.3) is 0 Å². The summed E-state index contributed by atoms with van der Waals surface area (Å²) in [5.74, 6) is 0.627. The number of H-pyrrole nitrogens is 1. The molecule has 6 heteroatoms. The van der Waals surface area contributed by atoms with Crippen molar-refractivity contribution in [3.63, 3.8) is 0 Å². The Balaban J connectivity index is 1.49. The van der Waals surface area contributed by atoms with Gasteiger partial charge in [-0.3, -0.25) is 4.79 Å². The summed E-state index contributed by atoms with van der Waals surface area (Å²) < 4.78 is 0. The minimum atomic E-state index is 0.140. The molecule has 0 aliphatic carbocycles. The molecular weight excluding hydrogens is 362 g/mol. The summed E-state index contributed by atoms with van der Waals surface area (Å²) in [5, 5.41) is 10.0. The van der Waals surface area contributed by atoms with Crippen LogP contribution in [0.2, 0.25) is 0 Å². The lowest BCUT2D eigenvalue weighted by Crippen LogP contribution is -2.53. The number of hydrogen-bond donors (Lipinski definition) is 1. The Bertz CT molecular complexity index is 1050. The van der Waals surface area contributed by atoms with E-state index in [1.807, 2.05) is 35.5 Å². The van der Waals surface area contributed by atoms with E-state index in [1.165, 1.54) is 0 Å². The number of likely N-dealkylation sites (N-methyl/N-ethyl adjacent to an activating group) is 1. The number of likely N-dealkylation sites (tertiary alicyclic amines) is 1. The van der Waals surface area contributed by atoms with Crippen LogP contribution >= 0.6 is 0 Å². The van der Waals surface area contributed by atoms with Gasteiger partial charge in [-0.2, -0.15) is 5.26 Å². The molecule has 0 spiro atoms. The molecule has 29 heavy (non-hydrogen) atoms. The van der Waals surface area contributed by atoms with Crippen molar-refractivity contribution in [3.8, 4) is 6.07 Å². The highest BCUT2D eigenvalue weighted by molar-refractivity contribution is 5.89. The number of hydrogen-bond acceptors (Lipinski definition) is 4. The average molecular weight is 387 g/mol. The van der Waals surface area contributed by atoms with Gasteiger partial charge < -0.3 is 14.8 Å². The Hall–Kier alpha value is -3.33. The Morgan fingerprint density at radius 3 is 2.86 bits per heavy atom. The number of rotatable bonds is 4. The number of anilines is 1. The highest BCUT2D eigenvalue weighted by Gasteiger charge is 2.32. The van der Waals surface area contributed by atoms with Gasteiger partial charge in [0.05, 0.1) is 18.1 Å². The van der Waals surface area contributed by atoms with Crippen molar-refractivity contribution in [2.45, 2.75) is 25.8 Å². The molecule has 0 radical (unpaired) electrons. The molecule has 2 atom stereocenters. The fourth-order valence-corrected chi connectivity index (χ4v) is 4.20. The second-order valence-corrected chi connectivity index (χ2v) is 7.84. The number of amides is 1. The number of nitriles is 1. The molecule has 0 saturated carbocycles. The molecule has 2 aromatic heterocycles. The molecule has 148 valence electrons. The monoisotopic (exact) mass is 387 g/mol. The van der Waals surface area contributed by atoms with Crippen LogP contribution in [0, 0.1) is 17.2 Å². The fraction of sp³-hybridized carbons (Fsp3) is 0.348. The van der Waals surface area contributed by atoms with Crippen LogP contribution in [-0.4, -0.2) is 47.0 Å². The van der Waals surface area contributed by atoms with E-state index < -0.39 is 0 Å². The Morgan fingerprint density at radius 1 is 1.31 bits per heavy atom. The number of benzene rings is 1. The van der Waals surface area contributed by atoms with Gasteiger partial charge in [0, 0.05) is 49.6 Å². The molecule has 1 aliphatic rings. The first-order valence-corrected chi connectivity index (χ1v) is 9.98. The molecule has 1 fully saturated rings. The van der Waals surface area contributed by atoms with Gasteiger partial charge in [0.15, 0.2) is 0 Å². The Morgan fingerprint density at radius 2 is 2.10 bits per heavy atom. The van der Waals surface area contributed by atoms with E-state index >= 15 is 0 Å². The van der Waals surface area contributed by atoms with Crippen molar-refractivity contribution >= 4 is 22.6 Å². The molecule has 0 bridgehead atoms. The topological polar surface area (TPSA) is 76.0 Å². The van der Waals surface area contributed by atoms with Gasteiger partial charge >= 0.3 is 0 Å². The molecule has 4 rings (SSSR count). The number of nitrogens with one attached hydrogen (secondary N) is 1. The molecule has 1 aromatic carbocycles. The number of aromatic amines is 1. The smallest absolute Gasteiger partial charge is 0.227 e. The SMILES string of the molecule is C[C@@H]1CCN(C(=O)Cc2ccc(C#N)cc2)CC1N(C)c1ccnc2[nH]ccc12. The van der Waals surface area contributed by atoms with E-state index in [9.17, 15) is 4.79 Å². The first-order valence-electron chi connectivity index (χ1n) is 9.98. The number of fused-ring (bicyclic) bond motifs is 1. The summed E-state index contributed by atoms with van der Waals surface area (Å²) >= 11 is 0.